The van der Waals surface area contributed by atoms with Crippen LogP contribution in [0.5, 0.6) is 0 Å². The summed E-state index contributed by atoms with van der Waals surface area (Å²) in [5.74, 6) is -4.97. The molecule has 5 nitrogen and oxygen atoms in total. The van der Waals surface area contributed by atoms with Crippen molar-refractivity contribution < 1.29 is 27.8 Å². The van der Waals surface area contributed by atoms with E-state index in [4.69, 9.17) is 4.74 Å². The molecule has 0 aromatic heterocycles. The van der Waals surface area contributed by atoms with Crippen LogP contribution in [0.3, 0.4) is 0 Å². The van der Waals surface area contributed by atoms with Crippen LogP contribution in [-0.4, -0.2) is 46.1 Å². The highest BCUT2D eigenvalue weighted by molar-refractivity contribution is 5.81. The Bertz CT molecular complexity index is 1050. The number of esters is 1. The van der Waals surface area contributed by atoms with E-state index in [1.807, 2.05) is 19.3 Å². The molecule has 1 aliphatic carbocycles. The molecule has 1 N–H and O–H groups in total. The number of benzene rings is 2. The first kappa shape index (κ1) is 26.1. The molecule has 4 rings (SSSR count). The summed E-state index contributed by atoms with van der Waals surface area (Å²) >= 11 is 0. The van der Waals surface area contributed by atoms with Gasteiger partial charge in [-0.3, -0.25) is 0 Å². The fraction of sp³-hybridized carbons (Fsp3) is 0.464. The van der Waals surface area contributed by atoms with Gasteiger partial charge in [0.25, 0.3) is 0 Å². The maximum atomic E-state index is 14.2. The molecule has 36 heavy (non-hydrogen) atoms. The van der Waals surface area contributed by atoms with Crippen LogP contribution in [0.2, 0.25) is 0 Å². The minimum Gasteiger partial charge on any atom is -0.463 e. The Morgan fingerprint density at radius 2 is 1.81 bits per heavy atom. The van der Waals surface area contributed by atoms with Gasteiger partial charge in [-0.05, 0) is 49.4 Å². The minimum atomic E-state index is -2.91. The van der Waals surface area contributed by atoms with Gasteiger partial charge in [-0.25, -0.2) is 18.0 Å². The summed E-state index contributed by atoms with van der Waals surface area (Å²) in [6, 6.07) is 14.7. The van der Waals surface area contributed by atoms with Crippen molar-refractivity contribution in [3.8, 4) is 0 Å². The Labute approximate surface area is 210 Å². The standard InChI is InChI=1S/C28H33F3N2O3/c1-21-32(16-17-33(21)20-22-10-12-25(29)13-11-22)15-6-18-36-26(34)28(35,23-7-3-2-4-8-23)24-9-5-14-27(30,31)19-24/h2-4,7-8,10-13,16-17,21,24,35H,5-6,9,14-15,18-20H2,1H3/t21?,24-,28+/m1/s1. The van der Waals surface area contributed by atoms with Crippen LogP contribution in [0.4, 0.5) is 13.2 Å². The van der Waals surface area contributed by atoms with Crippen LogP contribution in [-0.2, 0) is 21.7 Å². The lowest BCUT2D eigenvalue weighted by molar-refractivity contribution is -0.182. The molecule has 0 radical (unpaired) electrons. The van der Waals surface area contributed by atoms with Crippen molar-refractivity contribution in [2.45, 2.75) is 63.3 Å². The highest BCUT2D eigenvalue weighted by atomic mass is 19.3. The zero-order chi connectivity index (χ0) is 25.8. The van der Waals surface area contributed by atoms with E-state index in [9.17, 15) is 23.1 Å². The Kier molecular flexibility index (Phi) is 7.93. The molecular formula is C28H33F3N2O3. The molecule has 2 aliphatic rings. The van der Waals surface area contributed by atoms with Crippen molar-refractivity contribution in [2.75, 3.05) is 13.2 Å². The van der Waals surface area contributed by atoms with Gasteiger partial charge >= 0.3 is 5.97 Å². The fourth-order valence-corrected chi connectivity index (χ4v) is 5.12. The Morgan fingerprint density at radius 3 is 2.50 bits per heavy atom. The van der Waals surface area contributed by atoms with E-state index in [1.165, 1.54) is 12.1 Å². The number of hydrogen-bond acceptors (Lipinski definition) is 5. The smallest absolute Gasteiger partial charge is 0.343 e. The van der Waals surface area contributed by atoms with Crippen LogP contribution in [0, 0.1) is 11.7 Å². The first-order valence-corrected chi connectivity index (χ1v) is 12.5. The lowest BCUT2D eigenvalue weighted by atomic mass is 9.72. The van der Waals surface area contributed by atoms with Crippen molar-refractivity contribution in [2.24, 2.45) is 5.92 Å². The molecule has 1 fully saturated rings. The molecule has 1 saturated carbocycles. The molecule has 0 spiro atoms. The average molecular weight is 503 g/mol. The van der Waals surface area contributed by atoms with E-state index in [1.54, 1.807) is 42.5 Å². The molecule has 2 aromatic carbocycles. The quantitative estimate of drug-likeness (QED) is 0.367. The topological polar surface area (TPSA) is 53.0 Å². The summed E-state index contributed by atoms with van der Waals surface area (Å²) in [6.07, 6.45) is 4.30. The summed E-state index contributed by atoms with van der Waals surface area (Å²) in [6.45, 7) is 3.36. The van der Waals surface area contributed by atoms with Gasteiger partial charge in [-0.15, -0.1) is 0 Å². The first-order valence-electron chi connectivity index (χ1n) is 12.5. The number of nitrogens with zero attached hydrogens (tertiary/aromatic N) is 2. The summed E-state index contributed by atoms with van der Waals surface area (Å²) in [5, 5.41) is 11.5. The number of hydrogen-bond donors (Lipinski definition) is 1. The van der Waals surface area contributed by atoms with Crippen LogP contribution in [0.1, 0.15) is 50.2 Å². The maximum absolute atomic E-state index is 14.2. The zero-order valence-electron chi connectivity index (χ0n) is 20.5. The van der Waals surface area contributed by atoms with Crippen molar-refractivity contribution in [1.29, 1.82) is 0 Å². The first-order chi connectivity index (χ1) is 17.2. The predicted molar refractivity (Wildman–Crippen MR) is 130 cm³/mol. The third-order valence-electron chi connectivity index (χ3n) is 7.24. The molecule has 0 amide bonds. The second kappa shape index (κ2) is 10.9. The number of alkyl halides is 2. The number of halogens is 3. The summed E-state index contributed by atoms with van der Waals surface area (Å²) in [5.41, 5.74) is -0.833. The molecule has 1 aliphatic heterocycles. The summed E-state index contributed by atoms with van der Waals surface area (Å²) in [7, 11) is 0. The largest absolute Gasteiger partial charge is 0.463 e. The Balaban J connectivity index is 1.32. The van der Waals surface area contributed by atoms with E-state index < -0.39 is 29.8 Å². The second-order valence-corrected chi connectivity index (χ2v) is 9.74. The fourth-order valence-electron chi connectivity index (χ4n) is 5.12. The monoisotopic (exact) mass is 502 g/mol. The van der Waals surface area contributed by atoms with Gasteiger partial charge < -0.3 is 19.6 Å². The highest BCUT2D eigenvalue weighted by Gasteiger charge is 2.52. The normalized spacial score (nSPS) is 22.9. The SMILES string of the molecule is CC1N(CCCOC(=O)[C@](O)(c2ccccc2)[C@@H]2CCCC(F)(F)C2)C=CN1Cc1ccc(F)cc1. The highest BCUT2D eigenvalue weighted by Crippen LogP contribution is 2.45. The molecular weight excluding hydrogens is 469 g/mol. The number of carbonyl (C=O) groups excluding carboxylic acids is 1. The van der Waals surface area contributed by atoms with Crippen molar-refractivity contribution >= 4 is 5.97 Å². The van der Waals surface area contributed by atoms with E-state index in [-0.39, 0.29) is 37.0 Å². The maximum Gasteiger partial charge on any atom is 0.343 e. The van der Waals surface area contributed by atoms with Crippen LogP contribution in [0.25, 0.3) is 0 Å². The van der Waals surface area contributed by atoms with Gasteiger partial charge in [0.15, 0.2) is 5.60 Å². The number of rotatable bonds is 9. The van der Waals surface area contributed by atoms with Crippen LogP contribution >= 0.6 is 0 Å². The van der Waals surface area contributed by atoms with Crippen molar-refractivity contribution in [3.63, 3.8) is 0 Å². The lowest BCUT2D eigenvalue weighted by Gasteiger charge is -2.39. The van der Waals surface area contributed by atoms with Crippen molar-refractivity contribution in [1.82, 2.24) is 9.80 Å². The van der Waals surface area contributed by atoms with Gasteiger partial charge in [0, 0.05) is 44.2 Å². The van der Waals surface area contributed by atoms with Gasteiger partial charge in [-0.1, -0.05) is 42.5 Å². The Hall–Kier alpha value is -3.00. The molecule has 194 valence electrons. The van der Waals surface area contributed by atoms with Crippen molar-refractivity contribution in [3.05, 3.63) is 83.9 Å². The van der Waals surface area contributed by atoms with Crippen LogP contribution < -0.4 is 0 Å². The second-order valence-electron chi connectivity index (χ2n) is 9.74. The van der Waals surface area contributed by atoms with Gasteiger partial charge in [0.05, 0.1) is 12.8 Å². The number of ether oxygens (including phenoxy) is 1. The zero-order valence-corrected chi connectivity index (χ0v) is 20.5. The lowest BCUT2D eigenvalue weighted by Crippen LogP contribution is -2.48. The minimum absolute atomic E-state index is 0.0616. The van der Waals surface area contributed by atoms with E-state index in [0.29, 0.717) is 25.9 Å². The molecule has 8 heteroatoms. The summed E-state index contributed by atoms with van der Waals surface area (Å²) < 4.78 is 47.0. The predicted octanol–water partition coefficient (Wildman–Crippen LogP) is 5.41. The molecule has 1 heterocycles. The molecule has 3 atom stereocenters. The van der Waals surface area contributed by atoms with Gasteiger partial charge in [-0.2, -0.15) is 0 Å². The molecule has 1 unspecified atom stereocenters. The number of aliphatic hydroxyl groups is 1. The molecule has 2 aromatic rings. The average Bonchev–Trinajstić information content (AvgIpc) is 3.21. The third kappa shape index (κ3) is 5.86. The van der Waals surface area contributed by atoms with Gasteiger partial charge in [0.2, 0.25) is 5.92 Å². The van der Waals surface area contributed by atoms with E-state index in [0.717, 1.165) is 5.56 Å². The van der Waals surface area contributed by atoms with Crippen LogP contribution in [0.15, 0.2) is 67.0 Å². The third-order valence-corrected chi connectivity index (χ3v) is 7.24. The molecule has 0 bridgehead atoms. The van der Waals surface area contributed by atoms with E-state index in [2.05, 4.69) is 9.80 Å². The van der Waals surface area contributed by atoms with E-state index >= 15 is 0 Å². The summed E-state index contributed by atoms with van der Waals surface area (Å²) in [4.78, 5) is 17.4. The molecule has 0 saturated heterocycles. The number of carbonyl (C=O) groups is 1. The Morgan fingerprint density at radius 1 is 1.11 bits per heavy atom. The van der Waals surface area contributed by atoms with Gasteiger partial charge in [0.1, 0.15) is 5.82 Å².